The summed E-state index contributed by atoms with van der Waals surface area (Å²) in [4.78, 5) is 12.4. The Morgan fingerprint density at radius 1 is 1.00 bits per heavy atom. The second-order valence-electron chi connectivity index (χ2n) is 6.50. The van der Waals surface area contributed by atoms with Crippen LogP contribution in [0.15, 0.2) is 48.5 Å². The van der Waals surface area contributed by atoms with Gasteiger partial charge in [-0.15, -0.1) is 0 Å². The molecule has 0 aromatic heterocycles. The monoisotopic (exact) mass is 371 g/mol. The van der Waals surface area contributed by atoms with E-state index in [1.54, 1.807) is 19.2 Å². The van der Waals surface area contributed by atoms with Gasteiger partial charge >= 0.3 is 0 Å². The Bertz CT molecular complexity index is 730. The first-order valence-corrected chi connectivity index (χ1v) is 9.35. The second-order valence-corrected chi connectivity index (χ2v) is 6.50. The topological polar surface area (TPSA) is 56.8 Å². The smallest absolute Gasteiger partial charge is 0.261 e. The average molecular weight is 371 g/mol. The van der Waals surface area contributed by atoms with Crippen LogP contribution < -0.4 is 19.5 Å². The van der Waals surface area contributed by atoms with Gasteiger partial charge in [-0.1, -0.05) is 51.1 Å². The summed E-state index contributed by atoms with van der Waals surface area (Å²) in [5, 5.41) is 2.88. The summed E-state index contributed by atoms with van der Waals surface area (Å²) >= 11 is 0. The predicted molar refractivity (Wildman–Crippen MR) is 107 cm³/mol. The molecule has 0 aliphatic rings. The molecule has 2 aromatic rings. The van der Waals surface area contributed by atoms with Crippen molar-refractivity contribution in [2.75, 3.05) is 20.3 Å². The van der Waals surface area contributed by atoms with E-state index in [0.29, 0.717) is 37.0 Å². The van der Waals surface area contributed by atoms with Crippen LogP contribution in [-0.2, 0) is 4.79 Å². The molecule has 0 aliphatic carbocycles. The highest BCUT2D eigenvalue weighted by molar-refractivity contribution is 5.81. The molecule has 1 atom stereocenters. The van der Waals surface area contributed by atoms with Gasteiger partial charge in [-0.3, -0.25) is 4.79 Å². The van der Waals surface area contributed by atoms with E-state index in [2.05, 4.69) is 25.2 Å². The van der Waals surface area contributed by atoms with Crippen LogP contribution >= 0.6 is 0 Å². The van der Waals surface area contributed by atoms with Crippen LogP contribution in [0.2, 0.25) is 0 Å². The SMILES string of the molecule is CC[C@H](Oc1ccccc1OC)C(=O)NCCOc1ccccc1C(C)C. The van der Waals surface area contributed by atoms with Crippen LogP contribution in [0.1, 0.15) is 38.7 Å². The van der Waals surface area contributed by atoms with Crippen LogP contribution in [0.3, 0.4) is 0 Å². The van der Waals surface area contributed by atoms with E-state index in [-0.39, 0.29) is 5.91 Å². The van der Waals surface area contributed by atoms with Crippen molar-refractivity contribution in [1.29, 1.82) is 0 Å². The molecule has 5 nitrogen and oxygen atoms in total. The van der Waals surface area contributed by atoms with Crippen molar-refractivity contribution in [2.45, 2.75) is 39.2 Å². The molecule has 0 aliphatic heterocycles. The van der Waals surface area contributed by atoms with Gasteiger partial charge < -0.3 is 19.5 Å². The zero-order chi connectivity index (χ0) is 19.6. The van der Waals surface area contributed by atoms with Crippen LogP contribution in [0.25, 0.3) is 0 Å². The molecule has 0 fully saturated rings. The van der Waals surface area contributed by atoms with Crippen molar-refractivity contribution in [3.63, 3.8) is 0 Å². The van der Waals surface area contributed by atoms with Crippen molar-refractivity contribution in [3.05, 3.63) is 54.1 Å². The van der Waals surface area contributed by atoms with E-state index < -0.39 is 6.10 Å². The highest BCUT2D eigenvalue weighted by Gasteiger charge is 2.19. The van der Waals surface area contributed by atoms with Crippen molar-refractivity contribution in [2.24, 2.45) is 0 Å². The lowest BCUT2D eigenvalue weighted by Gasteiger charge is -2.19. The number of ether oxygens (including phenoxy) is 3. The molecule has 0 bridgehead atoms. The first-order valence-electron chi connectivity index (χ1n) is 9.35. The Morgan fingerprint density at radius 3 is 2.26 bits per heavy atom. The number of methoxy groups -OCH3 is 1. The fraction of sp³-hybridized carbons (Fsp3) is 0.409. The number of amides is 1. The lowest BCUT2D eigenvalue weighted by molar-refractivity contribution is -0.128. The van der Waals surface area contributed by atoms with Gasteiger partial charge in [-0.05, 0) is 36.1 Å². The molecule has 0 saturated carbocycles. The molecule has 27 heavy (non-hydrogen) atoms. The summed E-state index contributed by atoms with van der Waals surface area (Å²) in [7, 11) is 1.58. The molecule has 2 rings (SSSR count). The van der Waals surface area contributed by atoms with E-state index in [1.807, 2.05) is 37.3 Å². The highest BCUT2D eigenvalue weighted by atomic mass is 16.5. The quantitative estimate of drug-likeness (QED) is 0.637. The third kappa shape index (κ3) is 5.91. The molecule has 1 amide bonds. The zero-order valence-corrected chi connectivity index (χ0v) is 16.5. The molecule has 0 unspecified atom stereocenters. The summed E-state index contributed by atoms with van der Waals surface area (Å²) in [5.74, 6) is 2.25. The zero-order valence-electron chi connectivity index (χ0n) is 16.5. The standard InChI is InChI=1S/C22H29NO4/c1-5-18(27-21-13-9-8-12-20(21)25-4)22(24)23-14-15-26-19-11-7-6-10-17(19)16(2)3/h6-13,16,18H,5,14-15H2,1-4H3,(H,23,24)/t18-/m0/s1. The van der Waals surface area contributed by atoms with Gasteiger partial charge in [0.2, 0.25) is 0 Å². The largest absolute Gasteiger partial charge is 0.493 e. The van der Waals surface area contributed by atoms with Crippen LogP contribution in [-0.4, -0.2) is 32.3 Å². The molecule has 0 saturated heterocycles. The number of carbonyl (C=O) groups is 1. The van der Waals surface area contributed by atoms with Crippen molar-refractivity contribution >= 4 is 5.91 Å². The predicted octanol–water partition coefficient (Wildman–Crippen LogP) is 4.17. The van der Waals surface area contributed by atoms with E-state index in [1.165, 1.54) is 0 Å². The first kappa shape index (κ1) is 20.6. The fourth-order valence-electron chi connectivity index (χ4n) is 2.73. The van der Waals surface area contributed by atoms with E-state index in [4.69, 9.17) is 14.2 Å². The number of nitrogens with one attached hydrogen (secondary N) is 1. The molecule has 5 heteroatoms. The number of rotatable bonds is 10. The molecule has 2 aromatic carbocycles. The molecular formula is C22H29NO4. The summed E-state index contributed by atoms with van der Waals surface area (Å²) < 4.78 is 16.9. The van der Waals surface area contributed by atoms with Gasteiger partial charge in [0.05, 0.1) is 13.7 Å². The van der Waals surface area contributed by atoms with E-state index in [0.717, 1.165) is 11.3 Å². The number of carbonyl (C=O) groups excluding carboxylic acids is 1. The summed E-state index contributed by atoms with van der Waals surface area (Å²) in [5.41, 5.74) is 1.16. The Kier molecular flexibility index (Phi) is 7.99. The first-order chi connectivity index (χ1) is 13.1. The molecule has 0 spiro atoms. The number of hydrogen-bond donors (Lipinski definition) is 1. The van der Waals surface area contributed by atoms with Crippen molar-refractivity contribution in [3.8, 4) is 17.2 Å². The molecular weight excluding hydrogens is 342 g/mol. The maximum absolute atomic E-state index is 12.4. The Morgan fingerprint density at radius 2 is 1.63 bits per heavy atom. The van der Waals surface area contributed by atoms with Gasteiger partial charge in [-0.25, -0.2) is 0 Å². The van der Waals surface area contributed by atoms with Crippen molar-refractivity contribution in [1.82, 2.24) is 5.32 Å². The van der Waals surface area contributed by atoms with Crippen LogP contribution in [0.4, 0.5) is 0 Å². The molecule has 0 radical (unpaired) electrons. The molecule has 146 valence electrons. The van der Waals surface area contributed by atoms with Crippen LogP contribution in [0, 0.1) is 0 Å². The minimum atomic E-state index is -0.579. The van der Waals surface area contributed by atoms with Gasteiger partial charge in [0, 0.05) is 0 Å². The van der Waals surface area contributed by atoms with Gasteiger partial charge in [0.1, 0.15) is 12.4 Å². The van der Waals surface area contributed by atoms with Crippen molar-refractivity contribution < 1.29 is 19.0 Å². The molecule has 0 heterocycles. The normalized spacial score (nSPS) is 11.7. The fourth-order valence-corrected chi connectivity index (χ4v) is 2.73. The Balaban J connectivity index is 1.85. The second kappa shape index (κ2) is 10.5. The van der Waals surface area contributed by atoms with E-state index in [9.17, 15) is 4.79 Å². The average Bonchev–Trinajstić information content (AvgIpc) is 2.69. The summed E-state index contributed by atoms with van der Waals surface area (Å²) in [6.45, 7) is 6.99. The Labute approximate surface area is 161 Å². The summed E-state index contributed by atoms with van der Waals surface area (Å²) in [6.07, 6.45) is -0.0229. The summed E-state index contributed by atoms with van der Waals surface area (Å²) in [6, 6.07) is 15.3. The van der Waals surface area contributed by atoms with Gasteiger partial charge in [-0.2, -0.15) is 0 Å². The maximum Gasteiger partial charge on any atom is 0.261 e. The third-order valence-corrected chi connectivity index (χ3v) is 4.20. The minimum absolute atomic E-state index is 0.163. The Hall–Kier alpha value is -2.69. The highest BCUT2D eigenvalue weighted by Crippen LogP contribution is 2.27. The van der Waals surface area contributed by atoms with Gasteiger partial charge in [0.25, 0.3) is 5.91 Å². The maximum atomic E-state index is 12.4. The lowest BCUT2D eigenvalue weighted by Crippen LogP contribution is -2.39. The number of benzene rings is 2. The van der Waals surface area contributed by atoms with Crippen LogP contribution in [0.5, 0.6) is 17.2 Å². The van der Waals surface area contributed by atoms with E-state index >= 15 is 0 Å². The lowest BCUT2D eigenvalue weighted by atomic mass is 10.0. The third-order valence-electron chi connectivity index (χ3n) is 4.20. The number of para-hydroxylation sites is 3. The van der Waals surface area contributed by atoms with Gasteiger partial charge in [0.15, 0.2) is 17.6 Å². The molecule has 1 N–H and O–H groups in total. The minimum Gasteiger partial charge on any atom is -0.493 e. The number of hydrogen-bond acceptors (Lipinski definition) is 4.